The van der Waals surface area contributed by atoms with E-state index in [1.165, 1.54) is 0 Å². The molecule has 0 amide bonds. The van der Waals surface area contributed by atoms with Crippen molar-refractivity contribution in [2.24, 2.45) is 5.73 Å². The zero-order chi connectivity index (χ0) is 10.7. The summed E-state index contributed by atoms with van der Waals surface area (Å²) >= 11 is 0. The van der Waals surface area contributed by atoms with Gasteiger partial charge in [-0.2, -0.15) is 5.26 Å². The highest BCUT2D eigenvalue weighted by Crippen LogP contribution is 2.19. The molecule has 0 saturated heterocycles. The molecule has 0 radical (unpaired) electrons. The van der Waals surface area contributed by atoms with E-state index in [0.717, 1.165) is 11.1 Å². The van der Waals surface area contributed by atoms with Gasteiger partial charge in [-0.3, -0.25) is 0 Å². The monoisotopic (exact) mass is 190 g/mol. The van der Waals surface area contributed by atoms with Crippen LogP contribution in [0.2, 0.25) is 0 Å². The second-order valence-corrected chi connectivity index (χ2v) is 3.45. The third-order valence-corrected chi connectivity index (χ3v) is 2.29. The van der Waals surface area contributed by atoms with Crippen LogP contribution in [0.5, 0.6) is 0 Å². The Bertz CT molecular complexity index is 366. The fourth-order valence-electron chi connectivity index (χ4n) is 1.33. The van der Waals surface area contributed by atoms with Crippen LogP contribution < -0.4 is 5.73 Å². The molecule has 3 nitrogen and oxygen atoms in total. The molecule has 3 heteroatoms. The summed E-state index contributed by atoms with van der Waals surface area (Å²) in [5.41, 5.74) is 8.20. The summed E-state index contributed by atoms with van der Waals surface area (Å²) in [5.74, 6) is 0. The maximum absolute atomic E-state index is 9.35. The molecule has 0 spiro atoms. The molecule has 1 aromatic rings. The Morgan fingerprint density at radius 2 is 2.14 bits per heavy atom. The number of benzene rings is 1. The predicted molar refractivity (Wildman–Crippen MR) is 54.5 cm³/mol. The van der Waals surface area contributed by atoms with Crippen LogP contribution >= 0.6 is 0 Å². The van der Waals surface area contributed by atoms with Gasteiger partial charge in [0.15, 0.2) is 0 Å². The molecule has 0 aliphatic carbocycles. The van der Waals surface area contributed by atoms with Crippen LogP contribution in [0.4, 0.5) is 0 Å². The lowest BCUT2D eigenvalue weighted by Crippen LogP contribution is -2.24. The van der Waals surface area contributed by atoms with Crippen molar-refractivity contribution in [2.75, 3.05) is 0 Å². The second-order valence-electron chi connectivity index (χ2n) is 3.45. The van der Waals surface area contributed by atoms with Gasteiger partial charge < -0.3 is 10.8 Å². The number of hydrogen-bond acceptors (Lipinski definition) is 3. The third kappa shape index (κ3) is 2.11. The molecule has 1 aromatic carbocycles. The highest BCUT2D eigenvalue weighted by molar-refractivity contribution is 5.39. The van der Waals surface area contributed by atoms with Gasteiger partial charge in [-0.1, -0.05) is 6.07 Å². The summed E-state index contributed by atoms with van der Waals surface area (Å²) in [6.07, 6.45) is -0.609. The van der Waals surface area contributed by atoms with Gasteiger partial charge in [0.2, 0.25) is 0 Å². The van der Waals surface area contributed by atoms with Crippen LogP contribution in [0.25, 0.3) is 0 Å². The number of nitrogens with zero attached hydrogens (tertiary/aromatic N) is 1. The van der Waals surface area contributed by atoms with Crippen molar-refractivity contribution in [3.8, 4) is 6.07 Å². The van der Waals surface area contributed by atoms with Gasteiger partial charge >= 0.3 is 0 Å². The molecule has 0 aliphatic rings. The van der Waals surface area contributed by atoms with Crippen LogP contribution in [0, 0.1) is 18.3 Å². The molecule has 2 atom stereocenters. The Morgan fingerprint density at radius 3 is 2.64 bits per heavy atom. The Balaban J connectivity index is 3.13. The molecule has 0 saturated carbocycles. The van der Waals surface area contributed by atoms with Crippen molar-refractivity contribution in [3.05, 3.63) is 34.9 Å². The lowest BCUT2D eigenvalue weighted by Gasteiger charge is -2.17. The zero-order valence-corrected chi connectivity index (χ0v) is 8.36. The Kier molecular flexibility index (Phi) is 3.23. The molecule has 0 aliphatic heterocycles. The van der Waals surface area contributed by atoms with Crippen molar-refractivity contribution >= 4 is 0 Å². The molecular formula is C11H14N2O. The van der Waals surface area contributed by atoms with Crippen LogP contribution in [0.3, 0.4) is 0 Å². The largest absolute Gasteiger partial charge is 0.391 e. The number of aliphatic hydroxyl groups is 1. The maximum Gasteiger partial charge on any atom is 0.0991 e. The SMILES string of the molecule is Cc1ccc(C#N)cc1[C@@H](N)[C@H](C)O. The second kappa shape index (κ2) is 4.23. The lowest BCUT2D eigenvalue weighted by molar-refractivity contribution is 0.164. The summed E-state index contributed by atoms with van der Waals surface area (Å²) in [5, 5.41) is 18.1. The minimum atomic E-state index is -0.609. The van der Waals surface area contributed by atoms with E-state index in [4.69, 9.17) is 11.0 Å². The summed E-state index contributed by atoms with van der Waals surface area (Å²) in [6, 6.07) is 6.94. The molecule has 0 bridgehead atoms. The van der Waals surface area contributed by atoms with Crippen LogP contribution in [-0.4, -0.2) is 11.2 Å². The molecule has 0 unspecified atom stereocenters. The fourth-order valence-corrected chi connectivity index (χ4v) is 1.33. The minimum Gasteiger partial charge on any atom is -0.391 e. The average molecular weight is 190 g/mol. The third-order valence-electron chi connectivity index (χ3n) is 2.29. The molecule has 0 heterocycles. The molecule has 0 aromatic heterocycles. The molecular weight excluding hydrogens is 176 g/mol. The summed E-state index contributed by atoms with van der Waals surface area (Å²) in [7, 11) is 0. The Labute approximate surface area is 83.8 Å². The lowest BCUT2D eigenvalue weighted by atomic mass is 9.96. The number of hydrogen-bond donors (Lipinski definition) is 2. The first kappa shape index (κ1) is 10.7. The van der Waals surface area contributed by atoms with Gasteiger partial charge in [0.05, 0.1) is 23.8 Å². The molecule has 3 N–H and O–H groups in total. The van der Waals surface area contributed by atoms with Gasteiger partial charge in [-0.05, 0) is 37.1 Å². The summed E-state index contributed by atoms with van der Waals surface area (Å²) in [4.78, 5) is 0. The van der Waals surface area contributed by atoms with E-state index in [1.54, 1.807) is 19.1 Å². The van der Waals surface area contributed by atoms with Crippen LogP contribution in [0.15, 0.2) is 18.2 Å². The molecule has 0 fully saturated rings. The molecule has 1 rings (SSSR count). The number of aliphatic hydroxyl groups excluding tert-OH is 1. The highest BCUT2D eigenvalue weighted by atomic mass is 16.3. The first-order chi connectivity index (χ1) is 6.56. The van der Waals surface area contributed by atoms with Gasteiger partial charge in [-0.25, -0.2) is 0 Å². The van der Waals surface area contributed by atoms with Crippen LogP contribution in [-0.2, 0) is 0 Å². The summed E-state index contributed by atoms with van der Waals surface area (Å²) < 4.78 is 0. The molecule has 74 valence electrons. The number of nitrogens with two attached hydrogens (primary N) is 1. The van der Waals surface area contributed by atoms with Crippen molar-refractivity contribution in [1.82, 2.24) is 0 Å². The average Bonchev–Trinajstić information content (AvgIpc) is 2.17. The van der Waals surface area contributed by atoms with E-state index in [0.29, 0.717) is 5.56 Å². The Morgan fingerprint density at radius 1 is 1.50 bits per heavy atom. The first-order valence-electron chi connectivity index (χ1n) is 4.50. The van der Waals surface area contributed by atoms with Crippen molar-refractivity contribution in [3.63, 3.8) is 0 Å². The summed E-state index contributed by atoms with van der Waals surface area (Å²) in [6.45, 7) is 3.56. The standard InChI is InChI=1S/C11H14N2O/c1-7-3-4-9(6-12)5-10(7)11(13)8(2)14/h3-5,8,11,14H,13H2,1-2H3/t8-,11-/m0/s1. The molecule has 14 heavy (non-hydrogen) atoms. The highest BCUT2D eigenvalue weighted by Gasteiger charge is 2.14. The van der Waals surface area contributed by atoms with Gasteiger partial charge in [0.25, 0.3) is 0 Å². The fraction of sp³-hybridized carbons (Fsp3) is 0.364. The normalized spacial score (nSPS) is 14.5. The van der Waals surface area contributed by atoms with E-state index in [2.05, 4.69) is 6.07 Å². The van der Waals surface area contributed by atoms with E-state index in [9.17, 15) is 5.11 Å². The van der Waals surface area contributed by atoms with Gasteiger partial charge in [0, 0.05) is 0 Å². The van der Waals surface area contributed by atoms with Crippen LogP contribution in [0.1, 0.15) is 29.7 Å². The maximum atomic E-state index is 9.35. The number of nitriles is 1. The van der Waals surface area contributed by atoms with Gasteiger partial charge in [0.1, 0.15) is 0 Å². The van der Waals surface area contributed by atoms with E-state index in [-0.39, 0.29) is 0 Å². The van der Waals surface area contributed by atoms with Gasteiger partial charge in [-0.15, -0.1) is 0 Å². The van der Waals surface area contributed by atoms with E-state index in [1.807, 2.05) is 13.0 Å². The Hall–Kier alpha value is -1.37. The van der Waals surface area contributed by atoms with E-state index < -0.39 is 12.1 Å². The van der Waals surface area contributed by atoms with Crippen molar-refractivity contribution in [1.29, 1.82) is 5.26 Å². The predicted octanol–water partition coefficient (Wildman–Crippen LogP) is 1.25. The van der Waals surface area contributed by atoms with E-state index >= 15 is 0 Å². The number of aryl methyl sites for hydroxylation is 1. The topological polar surface area (TPSA) is 70.0 Å². The van der Waals surface area contributed by atoms with Crippen molar-refractivity contribution in [2.45, 2.75) is 26.0 Å². The van der Waals surface area contributed by atoms with Crippen molar-refractivity contribution < 1.29 is 5.11 Å². The zero-order valence-electron chi connectivity index (χ0n) is 8.36. The first-order valence-corrected chi connectivity index (χ1v) is 4.50. The number of rotatable bonds is 2. The quantitative estimate of drug-likeness (QED) is 0.737. The smallest absolute Gasteiger partial charge is 0.0991 e. The minimum absolute atomic E-state index is 0.428.